The van der Waals surface area contributed by atoms with E-state index in [2.05, 4.69) is 31.3 Å². The Labute approximate surface area is 495 Å². The zero-order valence-corrected chi connectivity index (χ0v) is 53.9. The third-order valence-electron chi connectivity index (χ3n) is 17.3. The van der Waals surface area contributed by atoms with Crippen molar-refractivity contribution in [2.75, 3.05) is 13.2 Å². The van der Waals surface area contributed by atoms with Gasteiger partial charge in [0, 0.05) is 12.8 Å². The maximum Gasteiger partial charge on any atom is 0.305 e. The number of carbonyl (C=O) groups excluding carboxylic acids is 2. The van der Waals surface area contributed by atoms with Crippen LogP contribution in [0.1, 0.15) is 418 Å². The van der Waals surface area contributed by atoms with Gasteiger partial charge in [0.2, 0.25) is 5.91 Å². The molecule has 0 aromatic heterocycles. The van der Waals surface area contributed by atoms with Crippen LogP contribution < -0.4 is 5.32 Å². The number of amides is 1. The Bertz CT molecular complexity index is 1190. The van der Waals surface area contributed by atoms with Gasteiger partial charge in [-0.15, -0.1) is 0 Å². The molecule has 0 aliphatic rings. The molecule has 79 heavy (non-hydrogen) atoms. The lowest BCUT2D eigenvalue weighted by molar-refractivity contribution is -0.143. The van der Waals surface area contributed by atoms with E-state index in [4.69, 9.17) is 4.74 Å². The molecule has 0 fully saturated rings. The fourth-order valence-electron chi connectivity index (χ4n) is 11.8. The second-order valence-corrected chi connectivity index (χ2v) is 25.3. The molecule has 0 saturated heterocycles. The Balaban J connectivity index is 3.38. The monoisotopic (exact) mass is 1110 g/mol. The topological polar surface area (TPSA) is 95.9 Å². The van der Waals surface area contributed by atoms with Crippen molar-refractivity contribution >= 4 is 11.9 Å². The second-order valence-electron chi connectivity index (χ2n) is 25.3. The number of carbonyl (C=O) groups is 2. The lowest BCUT2D eigenvalue weighted by Gasteiger charge is -2.22. The van der Waals surface area contributed by atoms with Crippen LogP contribution in [0, 0.1) is 0 Å². The minimum atomic E-state index is -0.666. The average Bonchev–Trinajstić information content (AvgIpc) is 3.45. The molecule has 0 radical (unpaired) electrons. The van der Waals surface area contributed by atoms with Crippen LogP contribution in [0.4, 0.5) is 0 Å². The number of ether oxygens (including phenoxy) is 1. The molecule has 0 aromatic carbocycles. The molecule has 6 heteroatoms. The zero-order valence-electron chi connectivity index (χ0n) is 53.9. The predicted octanol–water partition coefficient (Wildman–Crippen LogP) is 23.5. The van der Waals surface area contributed by atoms with Gasteiger partial charge in [-0.05, 0) is 51.4 Å². The Morgan fingerprint density at radius 2 is 0.595 bits per heavy atom. The van der Waals surface area contributed by atoms with E-state index in [-0.39, 0.29) is 18.5 Å². The van der Waals surface area contributed by atoms with Crippen LogP contribution in [-0.2, 0) is 14.3 Å². The van der Waals surface area contributed by atoms with E-state index < -0.39 is 12.1 Å². The molecule has 0 aliphatic carbocycles. The van der Waals surface area contributed by atoms with Crippen molar-refractivity contribution in [1.82, 2.24) is 5.32 Å². The van der Waals surface area contributed by atoms with Crippen molar-refractivity contribution in [3.8, 4) is 0 Å². The summed E-state index contributed by atoms with van der Waals surface area (Å²) in [6, 6.07) is -0.543. The van der Waals surface area contributed by atoms with Gasteiger partial charge < -0.3 is 20.3 Å². The smallest absolute Gasteiger partial charge is 0.305 e. The van der Waals surface area contributed by atoms with E-state index in [0.29, 0.717) is 25.9 Å². The van der Waals surface area contributed by atoms with E-state index >= 15 is 0 Å². The van der Waals surface area contributed by atoms with Crippen LogP contribution in [0.3, 0.4) is 0 Å². The fraction of sp³-hybridized carbons (Fsp3) is 0.945. The van der Waals surface area contributed by atoms with Gasteiger partial charge in [-0.3, -0.25) is 9.59 Å². The molecular weight excluding hydrogens is 971 g/mol. The largest absolute Gasteiger partial charge is 0.466 e. The van der Waals surface area contributed by atoms with Gasteiger partial charge in [0.05, 0.1) is 25.4 Å². The molecule has 0 aromatic rings. The molecule has 470 valence electrons. The van der Waals surface area contributed by atoms with Crippen molar-refractivity contribution in [2.24, 2.45) is 0 Å². The predicted molar refractivity (Wildman–Crippen MR) is 347 cm³/mol. The first-order chi connectivity index (χ1) is 39.0. The van der Waals surface area contributed by atoms with Gasteiger partial charge in [-0.2, -0.15) is 0 Å². The molecule has 0 heterocycles. The Kier molecular flexibility index (Phi) is 67.9. The molecular formula is C73H143NO5. The molecule has 2 unspecified atom stereocenters. The normalized spacial score (nSPS) is 12.5. The number of unbranched alkanes of at least 4 members (excludes halogenated alkanes) is 56. The number of hydrogen-bond acceptors (Lipinski definition) is 5. The summed E-state index contributed by atoms with van der Waals surface area (Å²) >= 11 is 0. The number of rotatable bonds is 69. The first-order valence-corrected chi connectivity index (χ1v) is 36.4. The van der Waals surface area contributed by atoms with E-state index in [9.17, 15) is 19.8 Å². The standard InChI is InChI=1S/C73H143NO5/c1-3-5-7-9-11-13-15-17-19-21-22-23-24-25-26-28-31-34-37-41-45-49-53-57-61-65-71(76)70(69-75)74-72(77)66-62-58-54-50-46-42-38-35-32-29-27-30-33-36-40-44-48-52-56-60-64-68-79-73(78)67-63-59-55-51-47-43-39-20-18-16-14-12-10-8-6-4-2/h20,39,70-71,75-76H,3-19,21-38,40-69H2,1-2H3,(H,74,77)/b39-20-. The zero-order chi connectivity index (χ0) is 57.1. The highest BCUT2D eigenvalue weighted by molar-refractivity contribution is 5.76. The second kappa shape index (κ2) is 69.1. The Hall–Kier alpha value is -1.40. The van der Waals surface area contributed by atoms with E-state index in [1.807, 2.05) is 0 Å². The van der Waals surface area contributed by atoms with E-state index in [0.717, 1.165) is 44.9 Å². The van der Waals surface area contributed by atoms with Gasteiger partial charge >= 0.3 is 5.97 Å². The van der Waals surface area contributed by atoms with Crippen LogP contribution in [0.15, 0.2) is 12.2 Å². The van der Waals surface area contributed by atoms with E-state index in [1.54, 1.807) is 0 Å². The van der Waals surface area contributed by atoms with Crippen molar-refractivity contribution < 1.29 is 24.5 Å². The van der Waals surface area contributed by atoms with Crippen molar-refractivity contribution in [1.29, 1.82) is 0 Å². The van der Waals surface area contributed by atoms with Crippen molar-refractivity contribution in [3.63, 3.8) is 0 Å². The van der Waals surface area contributed by atoms with Crippen LogP contribution in [0.25, 0.3) is 0 Å². The third kappa shape index (κ3) is 65.6. The summed E-state index contributed by atoms with van der Waals surface area (Å²) in [6.45, 7) is 4.99. The van der Waals surface area contributed by atoms with Crippen LogP contribution in [0.2, 0.25) is 0 Å². The number of allylic oxidation sites excluding steroid dienone is 2. The number of nitrogens with one attached hydrogen (secondary N) is 1. The van der Waals surface area contributed by atoms with Crippen molar-refractivity contribution in [3.05, 3.63) is 12.2 Å². The summed E-state index contributed by atoms with van der Waals surface area (Å²) in [5.74, 6) is -0.0243. The summed E-state index contributed by atoms with van der Waals surface area (Å²) in [7, 11) is 0. The van der Waals surface area contributed by atoms with Gasteiger partial charge in [0.25, 0.3) is 0 Å². The molecule has 1 amide bonds. The molecule has 0 spiro atoms. The highest BCUT2D eigenvalue weighted by atomic mass is 16.5. The summed E-state index contributed by atoms with van der Waals surface area (Å²) in [5, 5.41) is 23.5. The van der Waals surface area contributed by atoms with E-state index in [1.165, 1.54) is 340 Å². The van der Waals surface area contributed by atoms with Gasteiger partial charge in [-0.25, -0.2) is 0 Å². The number of hydrogen-bond donors (Lipinski definition) is 3. The van der Waals surface area contributed by atoms with Gasteiger partial charge in [0.1, 0.15) is 0 Å². The summed E-state index contributed by atoms with van der Waals surface area (Å²) in [6.07, 6.45) is 85.5. The molecule has 3 N–H and O–H groups in total. The number of aliphatic hydroxyl groups excluding tert-OH is 2. The lowest BCUT2D eigenvalue weighted by Crippen LogP contribution is -2.45. The minimum absolute atomic E-state index is 0.00614. The average molecular weight is 1110 g/mol. The Morgan fingerprint density at radius 3 is 0.899 bits per heavy atom. The molecule has 0 saturated carbocycles. The molecule has 0 bridgehead atoms. The summed E-state index contributed by atoms with van der Waals surface area (Å²) in [4.78, 5) is 24.7. The highest BCUT2D eigenvalue weighted by Crippen LogP contribution is 2.19. The summed E-state index contributed by atoms with van der Waals surface area (Å²) in [5.41, 5.74) is 0. The third-order valence-corrected chi connectivity index (χ3v) is 17.3. The number of aliphatic hydroxyl groups is 2. The fourth-order valence-corrected chi connectivity index (χ4v) is 11.8. The van der Waals surface area contributed by atoms with Crippen LogP contribution in [0.5, 0.6) is 0 Å². The molecule has 2 atom stereocenters. The first kappa shape index (κ1) is 77.6. The molecule has 6 nitrogen and oxygen atoms in total. The van der Waals surface area contributed by atoms with Crippen LogP contribution in [-0.4, -0.2) is 47.4 Å². The maximum atomic E-state index is 12.6. The van der Waals surface area contributed by atoms with Gasteiger partial charge in [0.15, 0.2) is 0 Å². The first-order valence-electron chi connectivity index (χ1n) is 36.4. The molecule has 0 aliphatic heterocycles. The van der Waals surface area contributed by atoms with Crippen LogP contribution >= 0.6 is 0 Å². The van der Waals surface area contributed by atoms with Gasteiger partial charge in [-0.1, -0.05) is 366 Å². The SMILES string of the molecule is CCCCCCCCC/C=C\CCCCCCCC(=O)OCCCCCCCCCCCCCCCCCCCCCCCC(=O)NC(CO)C(O)CCCCCCCCCCCCCCCCCCCCCCCCCCC. The quantitative estimate of drug-likeness (QED) is 0.0320. The Morgan fingerprint density at radius 1 is 0.342 bits per heavy atom. The minimum Gasteiger partial charge on any atom is -0.466 e. The highest BCUT2D eigenvalue weighted by Gasteiger charge is 2.20. The summed E-state index contributed by atoms with van der Waals surface area (Å²) < 4.78 is 5.50. The van der Waals surface area contributed by atoms with Crippen molar-refractivity contribution in [2.45, 2.75) is 431 Å². The maximum absolute atomic E-state index is 12.6. The lowest BCUT2D eigenvalue weighted by atomic mass is 10.0. The number of esters is 1. The molecule has 0 rings (SSSR count).